The minimum Gasteiger partial charge on any atom is -0.316 e. The molecule has 0 aliphatic carbocycles. The summed E-state index contributed by atoms with van der Waals surface area (Å²) < 4.78 is 38.1. The number of hydrogen-bond donors (Lipinski definition) is 1. The molecule has 2 nitrogen and oxygen atoms in total. The topological polar surface area (TPSA) is 15.3 Å². The van der Waals surface area contributed by atoms with E-state index in [4.69, 9.17) is 0 Å². The van der Waals surface area contributed by atoms with Crippen LogP contribution in [0, 0.1) is 11.3 Å². The lowest BCUT2D eigenvalue weighted by atomic mass is 9.81. The molecule has 0 bridgehead atoms. The van der Waals surface area contributed by atoms with Crippen molar-refractivity contribution in [1.29, 1.82) is 0 Å². The van der Waals surface area contributed by atoms with E-state index in [1.807, 2.05) is 6.92 Å². The second kappa shape index (κ2) is 9.67. The maximum absolute atomic E-state index is 12.7. The molecule has 5 heteroatoms. The summed E-state index contributed by atoms with van der Waals surface area (Å²) >= 11 is 0. The summed E-state index contributed by atoms with van der Waals surface area (Å²) in [6, 6.07) is 0. The molecular formula is C16H33F3N2. The first-order valence-corrected chi connectivity index (χ1v) is 8.17. The van der Waals surface area contributed by atoms with Crippen molar-refractivity contribution in [3.05, 3.63) is 0 Å². The van der Waals surface area contributed by atoms with Crippen molar-refractivity contribution < 1.29 is 13.2 Å². The largest absolute Gasteiger partial charge is 0.401 e. The van der Waals surface area contributed by atoms with Gasteiger partial charge in [0.1, 0.15) is 0 Å². The Hall–Kier alpha value is -0.290. The van der Waals surface area contributed by atoms with Crippen LogP contribution in [0.5, 0.6) is 0 Å². The monoisotopic (exact) mass is 310 g/mol. The molecule has 0 aromatic carbocycles. The highest BCUT2D eigenvalue weighted by Gasteiger charge is 2.35. The Bertz CT molecular complexity index is 261. The first-order chi connectivity index (χ1) is 9.68. The molecule has 0 rings (SSSR count). The van der Waals surface area contributed by atoms with Gasteiger partial charge in [0.15, 0.2) is 0 Å². The molecule has 0 saturated heterocycles. The number of hydrogen-bond acceptors (Lipinski definition) is 2. The minimum absolute atomic E-state index is 0.0741. The molecule has 0 aromatic rings. The highest BCUT2D eigenvalue weighted by molar-refractivity contribution is 4.84. The molecule has 0 saturated carbocycles. The van der Waals surface area contributed by atoms with Gasteiger partial charge >= 0.3 is 6.18 Å². The van der Waals surface area contributed by atoms with Crippen LogP contribution in [0.4, 0.5) is 13.2 Å². The number of halogens is 3. The van der Waals surface area contributed by atoms with Crippen molar-refractivity contribution in [3.63, 3.8) is 0 Å². The summed E-state index contributed by atoms with van der Waals surface area (Å²) in [5, 5.41) is 3.43. The maximum Gasteiger partial charge on any atom is 0.401 e. The lowest BCUT2D eigenvalue weighted by Crippen LogP contribution is -2.47. The number of nitrogens with one attached hydrogen (secondary N) is 1. The van der Waals surface area contributed by atoms with Crippen LogP contribution >= 0.6 is 0 Å². The maximum atomic E-state index is 12.7. The van der Waals surface area contributed by atoms with Gasteiger partial charge in [-0.2, -0.15) is 13.2 Å². The lowest BCUT2D eigenvalue weighted by molar-refractivity contribution is -0.149. The third kappa shape index (κ3) is 9.35. The predicted octanol–water partition coefficient (Wildman–Crippen LogP) is 4.31. The third-order valence-corrected chi connectivity index (χ3v) is 4.05. The lowest BCUT2D eigenvalue weighted by Gasteiger charge is -2.38. The SMILES string of the molecule is CCCN(CC(F)(F)F)CC(CC)(CC)CNCC(C)C. The Kier molecular flexibility index (Phi) is 9.54. The molecule has 21 heavy (non-hydrogen) atoms. The van der Waals surface area contributed by atoms with Crippen LogP contribution in [0.15, 0.2) is 0 Å². The van der Waals surface area contributed by atoms with Crippen LogP contribution in [-0.4, -0.2) is 43.8 Å². The second-order valence-electron chi connectivity index (χ2n) is 6.56. The molecule has 0 aromatic heterocycles. The zero-order chi connectivity index (χ0) is 16.5. The van der Waals surface area contributed by atoms with Crippen molar-refractivity contribution in [3.8, 4) is 0 Å². The zero-order valence-electron chi connectivity index (χ0n) is 14.3. The van der Waals surface area contributed by atoms with Gasteiger partial charge < -0.3 is 5.32 Å². The molecule has 0 aliphatic heterocycles. The van der Waals surface area contributed by atoms with E-state index in [-0.39, 0.29) is 5.41 Å². The Morgan fingerprint density at radius 1 is 1.00 bits per heavy atom. The van der Waals surface area contributed by atoms with Crippen molar-refractivity contribution in [2.24, 2.45) is 11.3 Å². The summed E-state index contributed by atoms with van der Waals surface area (Å²) in [5.41, 5.74) is -0.0741. The normalized spacial score (nSPS) is 13.4. The Labute approximate surface area is 128 Å². The highest BCUT2D eigenvalue weighted by atomic mass is 19.4. The van der Waals surface area contributed by atoms with Gasteiger partial charge in [-0.3, -0.25) is 4.90 Å². The molecule has 0 radical (unpaired) electrons. The summed E-state index contributed by atoms with van der Waals surface area (Å²) in [6.07, 6.45) is -1.58. The van der Waals surface area contributed by atoms with Gasteiger partial charge in [0, 0.05) is 13.1 Å². The van der Waals surface area contributed by atoms with E-state index in [0.29, 0.717) is 19.0 Å². The standard InChI is InChI=1S/C16H33F3N2/c1-6-9-21(13-16(17,18)19)12-15(7-2,8-3)11-20-10-14(4)5/h14,20H,6-13H2,1-5H3. The average molecular weight is 310 g/mol. The summed E-state index contributed by atoms with van der Waals surface area (Å²) in [5.74, 6) is 0.554. The van der Waals surface area contributed by atoms with E-state index in [2.05, 4.69) is 33.0 Å². The molecule has 0 unspecified atom stereocenters. The summed E-state index contributed by atoms with van der Waals surface area (Å²) in [4.78, 5) is 1.57. The van der Waals surface area contributed by atoms with E-state index >= 15 is 0 Å². The summed E-state index contributed by atoms with van der Waals surface area (Å²) in [6.45, 7) is 12.3. The second-order valence-corrected chi connectivity index (χ2v) is 6.56. The summed E-state index contributed by atoms with van der Waals surface area (Å²) in [7, 11) is 0. The van der Waals surface area contributed by atoms with Gasteiger partial charge in [0.2, 0.25) is 0 Å². The third-order valence-electron chi connectivity index (χ3n) is 4.05. The van der Waals surface area contributed by atoms with E-state index in [9.17, 15) is 13.2 Å². The molecule has 0 spiro atoms. The highest BCUT2D eigenvalue weighted by Crippen LogP contribution is 2.28. The molecular weight excluding hydrogens is 277 g/mol. The molecule has 128 valence electrons. The molecule has 0 aliphatic rings. The fraction of sp³-hybridized carbons (Fsp3) is 1.00. The zero-order valence-corrected chi connectivity index (χ0v) is 14.3. The van der Waals surface area contributed by atoms with Gasteiger partial charge in [0.25, 0.3) is 0 Å². The molecule has 0 atom stereocenters. The molecule has 0 amide bonds. The van der Waals surface area contributed by atoms with Crippen LogP contribution in [0.2, 0.25) is 0 Å². The average Bonchev–Trinajstić information content (AvgIpc) is 2.35. The molecule has 0 fully saturated rings. The fourth-order valence-electron chi connectivity index (χ4n) is 2.66. The van der Waals surface area contributed by atoms with E-state index in [1.54, 1.807) is 4.90 Å². The van der Waals surface area contributed by atoms with Crippen molar-refractivity contribution >= 4 is 0 Å². The van der Waals surface area contributed by atoms with E-state index < -0.39 is 12.7 Å². The Morgan fingerprint density at radius 3 is 1.95 bits per heavy atom. The van der Waals surface area contributed by atoms with E-state index in [0.717, 1.165) is 32.4 Å². The van der Waals surface area contributed by atoms with Gasteiger partial charge in [-0.25, -0.2) is 0 Å². The first kappa shape index (κ1) is 20.7. The number of rotatable bonds is 11. The van der Waals surface area contributed by atoms with Crippen LogP contribution in [0.1, 0.15) is 53.9 Å². The first-order valence-electron chi connectivity index (χ1n) is 8.17. The number of nitrogens with zero attached hydrogens (tertiary/aromatic N) is 1. The fourth-order valence-corrected chi connectivity index (χ4v) is 2.66. The van der Waals surface area contributed by atoms with Gasteiger partial charge in [0.05, 0.1) is 6.54 Å². The minimum atomic E-state index is -4.12. The molecule has 0 heterocycles. The van der Waals surface area contributed by atoms with Crippen LogP contribution in [0.3, 0.4) is 0 Å². The van der Waals surface area contributed by atoms with Gasteiger partial charge in [-0.1, -0.05) is 34.6 Å². The van der Waals surface area contributed by atoms with Crippen LogP contribution < -0.4 is 5.32 Å². The Morgan fingerprint density at radius 2 is 1.57 bits per heavy atom. The Balaban J connectivity index is 4.73. The quantitative estimate of drug-likeness (QED) is 0.611. The van der Waals surface area contributed by atoms with Crippen molar-refractivity contribution in [1.82, 2.24) is 10.2 Å². The number of alkyl halides is 3. The van der Waals surface area contributed by atoms with Gasteiger partial charge in [-0.15, -0.1) is 0 Å². The molecule has 1 N–H and O–H groups in total. The van der Waals surface area contributed by atoms with Crippen LogP contribution in [0.25, 0.3) is 0 Å². The van der Waals surface area contributed by atoms with E-state index in [1.165, 1.54) is 0 Å². The predicted molar refractivity (Wildman–Crippen MR) is 83.5 cm³/mol. The van der Waals surface area contributed by atoms with Crippen molar-refractivity contribution in [2.45, 2.75) is 60.1 Å². The van der Waals surface area contributed by atoms with Crippen molar-refractivity contribution in [2.75, 3.05) is 32.7 Å². The smallest absolute Gasteiger partial charge is 0.316 e. The van der Waals surface area contributed by atoms with Crippen LogP contribution in [-0.2, 0) is 0 Å². The van der Waals surface area contributed by atoms with Gasteiger partial charge in [-0.05, 0) is 43.7 Å².